The average molecular weight is 434 g/mol. The lowest BCUT2D eigenvalue weighted by molar-refractivity contribution is -0.120. The number of nitrogens with one attached hydrogen (secondary N) is 1. The molecule has 3 rings (SSSR count). The first-order chi connectivity index (χ1) is 15.6. The van der Waals surface area contributed by atoms with Crippen LogP contribution in [0.3, 0.4) is 0 Å². The van der Waals surface area contributed by atoms with Crippen LogP contribution in [0.2, 0.25) is 0 Å². The first-order valence-electron chi connectivity index (χ1n) is 10.0. The summed E-state index contributed by atoms with van der Waals surface area (Å²) in [6.07, 6.45) is 1.71. The molecule has 0 aliphatic carbocycles. The van der Waals surface area contributed by atoms with Crippen LogP contribution in [-0.4, -0.2) is 33.5 Å². The molecule has 0 atom stereocenters. The van der Waals surface area contributed by atoms with Gasteiger partial charge in [-0.1, -0.05) is 36.4 Å². The number of amides is 1. The number of rotatable bonds is 10. The van der Waals surface area contributed by atoms with Gasteiger partial charge in [0.15, 0.2) is 23.0 Å². The second-order valence-electron chi connectivity index (χ2n) is 6.84. The lowest BCUT2D eigenvalue weighted by atomic mass is 10.1. The van der Waals surface area contributed by atoms with Gasteiger partial charge >= 0.3 is 0 Å². The molecule has 0 spiro atoms. The van der Waals surface area contributed by atoms with Crippen LogP contribution in [0, 0.1) is 0 Å². The Kier molecular flexibility index (Phi) is 8.09. The van der Waals surface area contributed by atoms with Crippen molar-refractivity contribution in [2.45, 2.75) is 13.0 Å². The number of carbonyl (C=O) groups is 1. The Morgan fingerprint density at radius 2 is 1.50 bits per heavy atom. The summed E-state index contributed by atoms with van der Waals surface area (Å²) in [6, 6.07) is 20.7. The highest BCUT2D eigenvalue weighted by Gasteiger charge is 2.08. The highest BCUT2D eigenvalue weighted by Crippen LogP contribution is 2.29. The van der Waals surface area contributed by atoms with E-state index in [-0.39, 0.29) is 12.3 Å². The van der Waals surface area contributed by atoms with E-state index < -0.39 is 0 Å². The van der Waals surface area contributed by atoms with Gasteiger partial charge in [-0.3, -0.25) is 4.79 Å². The van der Waals surface area contributed by atoms with Crippen LogP contribution >= 0.6 is 0 Å². The number of hydrogen-bond donors (Lipinski definition) is 1. The monoisotopic (exact) mass is 434 g/mol. The maximum Gasteiger partial charge on any atom is 0.244 e. The third-order valence-corrected chi connectivity index (χ3v) is 4.64. The maximum atomic E-state index is 12.2. The quantitative estimate of drug-likeness (QED) is 0.386. The zero-order valence-corrected chi connectivity index (χ0v) is 18.3. The van der Waals surface area contributed by atoms with Crippen molar-refractivity contribution < 1.29 is 23.7 Å². The second-order valence-corrected chi connectivity index (χ2v) is 6.84. The number of methoxy groups -OCH3 is 3. The number of carbonyl (C=O) groups excluding carboxylic acids is 1. The van der Waals surface area contributed by atoms with E-state index in [4.69, 9.17) is 18.9 Å². The second kappa shape index (κ2) is 11.4. The van der Waals surface area contributed by atoms with E-state index >= 15 is 0 Å². The van der Waals surface area contributed by atoms with Gasteiger partial charge in [-0.15, -0.1) is 0 Å². The van der Waals surface area contributed by atoms with Crippen LogP contribution in [-0.2, 0) is 17.8 Å². The smallest absolute Gasteiger partial charge is 0.244 e. The third-order valence-electron chi connectivity index (χ3n) is 4.64. The molecule has 0 heterocycles. The Balaban J connectivity index is 1.57. The molecule has 0 aromatic heterocycles. The Labute approximate surface area is 187 Å². The van der Waals surface area contributed by atoms with Crippen molar-refractivity contribution in [1.29, 1.82) is 0 Å². The zero-order valence-electron chi connectivity index (χ0n) is 18.3. The molecule has 32 heavy (non-hydrogen) atoms. The lowest BCUT2D eigenvalue weighted by Crippen LogP contribution is -2.19. The molecule has 1 amide bonds. The summed E-state index contributed by atoms with van der Waals surface area (Å²) in [5.41, 5.74) is 5.15. The van der Waals surface area contributed by atoms with Crippen molar-refractivity contribution in [2.75, 3.05) is 21.3 Å². The minimum Gasteiger partial charge on any atom is -0.493 e. The van der Waals surface area contributed by atoms with Crippen molar-refractivity contribution in [1.82, 2.24) is 5.43 Å². The van der Waals surface area contributed by atoms with Crippen molar-refractivity contribution in [3.05, 3.63) is 83.4 Å². The Morgan fingerprint density at radius 3 is 2.22 bits per heavy atom. The molecule has 0 saturated carbocycles. The van der Waals surface area contributed by atoms with Crippen LogP contribution in [0.25, 0.3) is 0 Å². The van der Waals surface area contributed by atoms with Crippen LogP contribution < -0.4 is 24.4 Å². The van der Waals surface area contributed by atoms with E-state index in [1.807, 2.05) is 48.5 Å². The van der Waals surface area contributed by atoms with Crippen molar-refractivity contribution in [3.63, 3.8) is 0 Å². The molecule has 1 N–H and O–H groups in total. The standard InChI is InChI=1S/C25H26N2O5/c1-29-21-11-9-19(13-23(21)30-2)15-25(28)27-26-16-20-10-12-22(24(14-20)31-3)32-17-18-7-5-4-6-8-18/h4-14,16H,15,17H2,1-3H3,(H,27,28)/b26-16+. The molecular weight excluding hydrogens is 408 g/mol. The lowest BCUT2D eigenvalue weighted by Gasteiger charge is -2.11. The van der Waals surface area contributed by atoms with Gasteiger partial charge in [0.25, 0.3) is 0 Å². The van der Waals surface area contributed by atoms with Crippen LogP contribution in [0.1, 0.15) is 16.7 Å². The van der Waals surface area contributed by atoms with E-state index in [0.717, 1.165) is 16.7 Å². The number of benzene rings is 3. The van der Waals surface area contributed by atoms with E-state index in [1.54, 1.807) is 45.7 Å². The molecule has 0 saturated heterocycles. The fourth-order valence-electron chi connectivity index (χ4n) is 3.01. The van der Waals surface area contributed by atoms with Gasteiger partial charge in [-0.2, -0.15) is 5.10 Å². The highest BCUT2D eigenvalue weighted by atomic mass is 16.5. The molecular formula is C25H26N2O5. The molecule has 0 radical (unpaired) electrons. The highest BCUT2D eigenvalue weighted by molar-refractivity contribution is 5.84. The van der Waals surface area contributed by atoms with Gasteiger partial charge in [-0.25, -0.2) is 5.43 Å². The fourth-order valence-corrected chi connectivity index (χ4v) is 3.01. The Bertz CT molecular complexity index is 1070. The summed E-state index contributed by atoms with van der Waals surface area (Å²) in [5, 5.41) is 4.04. The van der Waals surface area contributed by atoms with E-state index in [2.05, 4.69) is 10.5 Å². The molecule has 3 aromatic rings. The van der Waals surface area contributed by atoms with Gasteiger partial charge in [0.1, 0.15) is 6.61 Å². The van der Waals surface area contributed by atoms with Crippen LogP contribution in [0.5, 0.6) is 23.0 Å². The van der Waals surface area contributed by atoms with Gasteiger partial charge in [0.05, 0.1) is 34.0 Å². The Hall–Kier alpha value is -4.00. The SMILES string of the molecule is COc1ccc(CC(=O)N/N=C/c2ccc(OCc3ccccc3)c(OC)c2)cc1OC. The van der Waals surface area contributed by atoms with Gasteiger partial charge < -0.3 is 18.9 Å². The molecule has 0 aliphatic rings. The van der Waals surface area contributed by atoms with Gasteiger partial charge in [0, 0.05) is 0 Å². The summed E-state index contributed by atoms with van der Waals surface area (Å²) in [4.78, 5) is 12.2. The van der Waals surface area contributed by atoms with E-state index in [9.17, 15) is 4.79 Å². The minimum atomic E-state index is -0.247. The summed E-state index contributed by atoms with van der Waals surface area (Å²) in [7, 11) is 4.70. The number of hydrazone groups is 1. The number of ether oxygens (including phenoxy) is 4. The van der Waals surface area contributed by atoms with Gasteiger partial charge in [-0.05, 0) is 47.0 Å². The minimum absolute atomic E-state index is 0.160. The largest absolute Gasteiger partial charge is 0.493 e. The summed E-state index contributed by atoms with van der Waals surface area (Å²) in [6.45, 7) is 0.441. The van der Waals surface area contributed by atoms with Crippen molar-refractivity contribution in [3.8, 4) is 23.0 Å². The first kappa shape index (κ1) is 22.7. The fraction of sp³-hybridized carbons (Fsp3) is 0.200. The number of hydrogen-bond acceptors (Lipinski definition) is 6. The summed E-state index contributed by atoms with van der Waals surface area (Å²) in [5.74, 6) is 2.15. The molecule has 0 fully saturated rings. The van der Waals surface area contributed by atoms with E-state index in [1.165, 1.54) is 0 Å². The van der Waals surface area contributed by atoms with Crippen molar-refractivity contribution in [2.24, 2.45) is 5.10 Å². The van der Waals surface area contributed by atoms with Crippen molar-refractivity contribution >= 4 is 12.1 Å². The topological polar surface area (TPSA) is 78.4 Å². The summed E-state index contributed by atoms with van der Waals surface area (Å²) < 4.78 is 21.8. The van der Waals surface area contributed by atoms with Crippen LogP contribution in [0.15, 0.2) is 71.8 Å². The molecule has 7 heteroatoms. The average Bonchev–Trinajstić information content (AvgIpc) is 2.83. The molecule has 3 aromatic carbocycles. The molecule has 0 unspecified atom stereocenters. The molecule has 7 nitrogen and oxygen atoms in total. The third kappa shape index (κ3) is 6.25. The van der Waals surface area contributed by atoms with Gasteiger partial charge in [0.2, 0.25) is 5.91 Å². The molecule has 0 aliphatic heterocycles. The molecule has 0 bridgehead atoms. The van der Waals surface area contributed by atoms with E-state index in [0.29, 0.717) is 29.6 Å². The first-order valence-corrected chi connectivity index (χ1v) is 10.0. The Morgan fingerprint density at radius 1 is 0.812 bits per heavy atom. The predicted molar refractivity (Wildman–Crippen MR) is 123 cm³/mol. The number of nitrogens with zero attached hydrogens (tertiary/aromatic N) is 1. The summed E-state index contributed by atoms with van der Waals surface area (Å²) >= 11 is 0. The predicted octanol–water partition coefficient (Wildman–Crippen LogP) is 3.98. The van der Waals surface area contributed by atoms with Crippen LogP contribution in [0.4, 0.5) is 0 Å². The zero-order chi connectivity index (χ0) is 22.8. The maximum absolute atomic E-state index is 12.2. The normalized spacial score (nSPS) is 10.6. The molecule has 166 valence electrons.